The molecule has 2 saturated carbocycles. The maximum absolute atomic E-state index is 13.5. The normalized spacial score (nSPS) is 25.5. The maximum atomic E-state index is 13.5. The van der Waals surface area contributed by atoms with E-state index in [-0.39, 0.29) is 22.1 Å². The minimum absolute atomic E-state index is 0.0378. The van der Waals surface area contributed by atoms with E-state index in [1.54, 1.807) is 30.8 Å². The van der Waals surface area contributed by atoms with Crippen molar-refractivity contribution in [1.29, 1.82) is 0 Å². The van der Waals surface area contributed by atoms with Crippen molar-refractivity contribution < 1.29 is 17.9 Å². The van der Waals surface area contributed by atoms with Crippen molar-refractivity contribution >= 4 is 21.7 Å². The summed E-state index contributed by atoms with van der Waals surface area (Å²) in [6, 6.07) is 5.15. The molecule has 3 aliphatic rings. The van der Waals surface area contributed by atoms with Crippen LogP contribution in [0.5, 0.6) is 5.88 Å². The van der Waals surface area contributed by atoms with Gasteiger partial charge in [-0.2, -0.15) is 5.10 Å². The summed E-state index contributed by atoms with van der Waals surface area (Å²) >= 11 is 0. The number of fused-ring (bicyclic) bond motifs is 2. The Hall–Kier alpha value is -3.41. The zero-order chi connectivity index (χ0) is 28.4. The van der Waals surface area contributed by atoms with Crippen LogP contribution >= 0.6 is 0 Å². The van der Waals surface area contributed by atoms with Crippen LogP contribution < -0.4 is 14.4 Å². The molecule has 1 unspecified atom stereocenters. The van der Waals surface area contributed by atoms with Gasteiger partial charge in [-0.05, 0) is 82.8 Å². The Kier molecular flexibility index (Phi) is 6.43. The van der Waals surface area contributed by atoms with Gasteiger partial charge in [-0.25, -0.2) is 22.8 Å². The third-order valence-corrected chi connectivity index (χ3v) is 10.1. The molecule has 214 valence electrons. The predicted molar refractivity (Wildman–Crippen MR) is 149 cm³/mol. The SMILES string of the molecule is Cc1nn(C)cc1S(=O)(=O)NC(=O)c1ccc(-n2ccc(OC3C[C@@H]4CC[C@H]3C4)n2)nc1N1C[C@@H](C)CC1(C)C. The Balaban J connectivity index is 1.31. The van der Waals surface area contributed by atoms with Crippen molar-refractivity contribution in [1.82, 2.24) is 29.3 Å². The highest BCUT2D eigenvalue weighted by atomic mass is 32.2. The standard InChI is InChI=1S/C28H37N7O4S/c1-17-14-28(3,4)34(15-17)26-21(27(36)32-40(37,38)23-16-33(5)30-18(23)2)8-9-24(29-26)35-11-10-25(31-35)39-22-13-19-6-7-20(22)12-19/h8-11,16-17,19-20,22H,6-7,12-15H2,1-5H3,(H,32,36)/t17-,19+,20-,22?/m0/s1. The highest BCUT2D eigenvalue weighted by molar-refractivity contribution is 7.90. The number of anilines is 1. The van der Waals surface area contributed by atoms with Crippen LogP contribution in [-0.2, 0) is 17.1 Å². The van der Waals surface area contributed by atoms with Gasteiger partial charge in [-0.1, -0.05) is 6.92 Å². The molecule has 1 amide bonds. The second-order valence-corrected chi connectivity index (χ2v) is 14.0. The van der Waals surface area contributed by atoms with E-state index in [0.29, 0.717) is 41.6 Å². The number of aromatic nitrogens is 5. The van der Waals surface area contributed by atoms with Crippen LogP contribution in [0.2, 0.25) is 0 Å². The number of hydrogen-bond donors (Lipinski definition) is 1. The summed E-state index contributed by atoms with van der Waals surface area (Å²) in [6.07, 6.45) is 9.19. The molecular formula is C28H37N7O4S. The van der Waals surface area contributed by atoms with E-state index >= 15 is 0 Å². The van der Waals surface area contributed by atoms with Gasteiger partial charge in [0.15, 0.2) is 5.82 Å². The summed E-state index contributed by atoms with van der Waals surface area (Å²) in [6.45, 7) is 8.66. The molecule has 12 heteroatoms. The van der Waals surface area contributed by atoms with Crippen molar-refractivity contribution in [3.8, 4) is 11.7 Å². The molecule has 40 heavy (non-hydrogen) atoms. The van der Waals surface area contributed by atoms with Crippen molar-refractivity contribution in [2.45, 2.75) is 76.3 Å². The zero-order valence-corrected chi connectivity index (χ0v) is 24.5. The fourth-order valence-electron chi connectivity index (χ4n) is 6.97. The van der Waals surface area contributed by atoms with E-state index in [2.05, 4.69) is 40.6 Å². The van der Waals surface area contributed by atoms with Gasteiger partial charge in [-0.15, -0.1) is 5.10 Å². The fourth-order valence-corrected chi connectivity index (χ4v) is 8.15. The number of carbonyl (C=O) groups excluding carboxylic acids is 1. The van der Waals surface area contributed by atoms with Crippen LogP contribution in [0.3, 0.4) is 0 Å². The Labute approximate surface area is 235 Å². The first kappa shape index (κ1) is 26.8. The quantitative estimate of drug-likeness (QED) is 0.459. The highest BCUT2D eigenvalue weighted by Crippen LogP contribution is 2.46. The first-order valence-electron chi connectivity index (χ1n) is 14.0. The van der Waals surface area contributed by atoms with Gasteiger partial charge in [0.25, 0.3) is 15.9 Å². The molecular weight excluding hydrogens is 530 g/mol. The number of rotatable bonds is 7. The average molecular weight is 568 g/mol. The van der Waals surface area contributed by atoms with E-state index in [0.717, 1.165) is 18.8 Å². The molecule has 6 rings (SSSR count). The van der Waals surface area contributed by atoms with Gasteiger partial charge >= 0.3 is 0 Å². The lowest BCUT2D eigenvalue weighted by Crippen LogP contribution is -2.41. The highest BCUT2D eigenvalue weighted by Gasteiger charge is 2.42. The zero-order valence-electron chi connectivity index (χ0n) is 23.7. The van der Waals surface area contributed by atoms with Gasteiger partial charge in [0.2, 0.25) is 5.88 Å². The Morgan fingerprint density at radius 1 is 1.15 bits per heavy atom. The fraction of sp³-hybridized carbons (Fsp3) is 0.571. The lowest BCUT2D eigenvalue weighted by atomic mass is 9.97. The molecule has 3 aromatic rings. The molecule has 2 aliphatic carbocycles. The topological polar surface area (TPSA) is 124 Å². The number of sulfonamides is 1. The molecule has 0 radical (unpaired) electrons. The van der Waals surface area contributed by atoms with Crippen molar-refractivity contribution in [3.05, 3.63) is 41.9 Å². The molecule has 1 N–H and O–H groups in total. The third kappa shape index (κ3) is 4.86. The summed E-state index contributed by atoms with van der Waals surface area (Å²) in [5.74, 6) is 2.54. The van der Waals surface area contributed by atoms with Crippen LogP contribution in [0.1, 0.15) is 68.9 Å². The summed E-state index contributed by atoms with van der Waals surface area (Å²) in [4.78, 5) is 20.4. The van der Waals surface area contributed by atoms with Crippen molar-refractivity contribution in [2.75, 3.05) is 11.4 Å². The van der Waals surface area contributed by atoms with Crippen molar-refractivity contribution in [3.63, 3.8) is 0 Å². The number of hydrogen-bond acceptors (Lipinski definition) is 8. The first-order valence-corrected chi connectivity index (χ1v) is 15.5. The number of aryl methyl sites for hydroxylation is 2. The number of amides is 1. The number of ether oxygens (including phenoxy) is 1. The predicted octanol–water partition coefficient (Wildman–Crippen LogP) is 3.62. The van der Waals surface area contributed by atoms with Crippen molar-refractivity contribution in [2.24, 2.45) is 24.8 Å². The molecule has 11 nitrogen and oxygen atoms in total. The Bertz CT molecular complexity index is 1560. The average Bonchev–Trinajstić information content (AvgIpc) is 3.69. The summed E-state index contributed by atoms with van der Waals surface area (Å²) < 4.78 is 37.7. The third-order valence-electron chi connectivity index (χ3n) is 8.66. The summed E-state index contributed by atoms with van der Waals surface area (Å²) in [7, 11) is -2.50. The summed E-state index contributed by atoms with van der Waals surface area (Å²) in [5, 5.41) is 8.74. The number of nitrogens with one attached hydrogen (secondary N) is 1. The van der Waals surface area contributed by atoms with E-state index < -0.39 is 15.9 Å². The van der Waals surface area contributed by atoms with Crippen LogP contribution in [0.15, 0.2) is 35.5 Å². The molecule has 3 fully saturated rings. The number of nitrogens with zero attached hydrogens (tertiary/aromatic N) is 6. The minimum Gasteiger partial charge on any atom is -0.473 e. The molecule has 0 spiro atoms. The molecule has 4 atom stereocenters. The van der Waals surface area contributed by atoms with Crippen LogP contribution in [-0.4, -0.2) is 57.1 Å². The number of carbonyl (C=O) groups is 1. The smallest absolute Gasteiger partial charge is 0.268 e. The van der Waals surface area contributed by atoms with Gasteiger partial charge in [0.05, 0.1) is 11.3 Å². The largest absolute Gasteiger partial charge is 0.473 e. The molecule has 1 saturated heterocycles. The molecule has 3 aromatic heterocycles. The first-order chi connectivity index (χ1) is 18.9. The van der Waals surface area contributed by atoms with E-state index in [1.807, 2.05) is 12.3 Å². The Morgan fingerprint density at radius 3 is 2.58 bits per heavy atom. The van der Waals surface area contributed by atoms with Gasteiger partial charge in [0, 0.05) is 37.6 Å². The van der Waals surface area contributed by atoms with Crippen LogP contribution in [0.25, 0.3) is 5.82 Å². The molecule has 2 bridgehead atoms. The molecule has 4 heterocycles. The maximum Gasteiger partial charge on any atom is 0.268 e. The van der Waals surface area contributed by atoms with E-state index in [9.17, 15) is 13.2 Å². The number of pyridine rings is 1. The van der Waals surface area contributed by atoms with Crippen LogP contribution in [0.4, 0.5) is 5.82 Å². The molecule has 1 aliphatic heterocycles. The van der Waals surface area contributed by atoms with Gasteiger partial charge in [-0.3, -0.25) is 9.48 Å². The second kappa shape index (κ2) is 9.60. The lowest BCUT2D eigenvalue weighted by Gasteiger charge is -2.34. The minimum atomic E-state index is -4.13. The molecule has 0 aromatic carbocycles. The van der Waals surface area contributed by atoms with Gasteiger partial charge < -0.3 is 9.64 Å². The van der Waals surface area contributed by atoms with Crippen LogP contribution in [0, 0.1) is 24.7 Å². The van der Waals surface area contributed by atoms with Gasteiger partial charge in [0.1, 0.15) is 16.8 Å². The monoisotopic (exact) mass is 567 g/mol. The second-order valence-electron chi connectivity index (χ2n) is 12.4. The van der Waals surface area contributed by atoms with E-state index in [4.69, 9.17) is 9.72 Å². The summed E-state index contributed by atoms with van der Waals surface area (Å²) in [5.41, 5.74) is 0.216. The van der Waals surface area contributed by atoms with E-state index in [1.165, 1.54) is 30.1 Å². The lowest BCUT2D eigenvalue weighted by molar-refractivity contribution is 0.0981. The Morgan fingerprint density at radius 2 is 1.95 bits per heavy atom.